The van der Waals surface area contributed by atoms with Crippen molar-refractivity contribution < 1.29 is 9.13 Å². The number of nitrogen functional groups attached to an aromatic ring is 1. The number of benzene rings is 2. The minimum absolute atomic E-state index is 0.127. The van der Waals surface area contributed by atoms with Crippen molar-refractivity contribution in [2.24, 2.45) is 0 Å². The molecule has 1 aromatic heterocycles. The molecule has 2 aromatic carbocycles. The number of hydrogen-bond donors (Lipinski definition) is 2. The van der Waals surface area contributed by atoms with Gasteiger partial charge in [0, 0.05) is 16.1 Å². The van der Waals surface area contributed by atoms with Gasteiger partial charge in [-0.2, -0.15) is 0 Å². The van der Waals surface area contributed by atoms with E-state index >= 15 is 0 Å². The summed E-state index contributed by atoms with van der Waals surface area (Å²) in [5.41, 5.74) is 9.97. The molecule has 0 aliphatic rings. The summed E-state index contributed by atoms with van der Waals surface area (Å²) >= 11 is 12.1. The van der Waals surface area contributed by atoms with Gasteiger partial charge in [0.05, 0.1) is 11.6 Å². The topological polar surface area (TPSA) is 90.9 Å². The summed E-state index contributed by atoms with van der Waals surface area (Å²) in [6.07, 6.45) is 0. The molecule has 0 aliphatic heterocycles. The SMILES string of the molecule is Nc1nnnn1NCc1cc(Cl)ccc1OCc1ccc(F)cc1Cl. The van der Waals surface area contributed by atoms with Gasteiger partial charge in [0.1, 0.15) is 18.2 Å². The lowest BCUT2D eigenvalue weighted by atomic mass is 10.2. The van der Waals surface area contributed by atoms with Crippen molar-refractivity contribution in [3.63, 3.8) is 0 Å². The van der Waals surface area contributed by atoms with Crippen LogP contribution in [0.2, 0.25) is 10.0 Å². The minimum atomic E-state index is -0.399. The van der Waals surface area contributed by atoms with Crippen LogP contribution in [0.1, 0.15) is 11.1 Å². The van der Waals surface area contributed by atoms with E-state index in [1.165, 1.54) is 16.9 Å². The maximum atomic E-state index is 13.1. The van der Waals surface area contributed by atoms with Crippen LogP contribution in [0.3, 0.4) is 0 Å². The monoisotopic (exact) mass is 382 g/mol. The van der Waals surface area contributed by atoms with E-state index in [0.717, 1.165) is 5.56 Å². The lowest BCUT2D eigenvalue weighted by Crippen LogP contribution is -2.18. The molecule has 0 saturated carbocycles. The van der Waals surface area contributed by atoms with E-state index in [4.69, 9.17) is 33.7 Å². The predicted molar refractivity (Wildman–Crippen MR) is 92.5 cm³/mol. The Balaban J connectivity index is 1.73. The van der Waals surface area contributed by atoms with E-state index in [-0.39, 0.29) is 12.6 Å². The van der Waals surface area contributed by atoms with Crippen molar-refractivity contribution >= 4 is 29.2 Å². The first-order valence-electron chi connectivity index (χ1n) is 7.16. The van der Waals surface area contributed by atoms with Crippen LogP contribution >= 0.6 is 23.2 Å². The Morgan fingerprint density at radius 2 is 2.00 bits per heavy atom. The van der Waals surface area contributed by atoms with Crippen LogP contribution < -0.4 is 15.9 Å². The maximum absolute atomic E-state index is 13.1. The van der Waals surface area contributed by atoms with Crippen molar-refractivity contribution in [3.8, 4) is 5.75 Å². The predicted octanol–water partition coefficient (Wildman–Crippen LogP) is 3.02. The second kappa shape index (κ2) is 7.54. The molecule has 0 unspecified atom stereocenters. The molecule has 10 heteroatoms. The highest BCUT2D eigenvalue weighted by atomic mass is 35.5. The molecule has 0 spiro atoms. The first-order valence-corrected chi connectivity index (χ1v) is 7.91. The third-order valence-corrected chi connectivity index (χ3v) is 3.92. The molecule has 0 aliphatic carbocycles. The molecular weight excluding hydrogens is 370 g/mol. The first kappa shape index (κ1) is 17.2. The van der Waals surface area contributed by atoms with Crippen LogP contribution in [0.15, 0.2) is 36.4 Å². The van der Waals surface area contributed by atoms with E-state index in [1.807, 2.05) is 0 Å². The summed E-state index contributed by atoms with van der Waals surface area (Å²) in [6.45, 7) is 0.503. The molecule has 0 bridgehead atoms. The van der Waals surface area contributed by atoms with Gasteiger partial charge >= 0.3 is 0 Å². The van der Waals surface area contributed by atoms with Gasteiger partial charge in [-0.05, 0) is 40.8 Å². The van der Waals surface area contributed by atoms with Crippen LogP contribution in [-0.2, 0) is 13.2 Å². The molecule has 1 heterocycles. The van der Waals surface area contributed by atoms with Gasteiger partial charge < -0.3 is 15.9 Å². The average Bonchev–Trinajstić information content (AvgIpc) is 2.98. The number of rotatable bonds is 6. The first-order chi connectivity index (χ1) is 12.0. The van der Waals surface area contributed by atoms with Crippen LogP contribution in [0.4, 0.5) is 10.3 Å². The number of aromatic nitrogens is 4. The number of nitrogens with two attached hydrogens (primary N) is 1. The van der Waals surface area contributed by atoms with Gasteiger partial charge in [-0.1, -0.05) is 34.4 Å². The number of nitrogens with one attached hydrogen (secondary N) is 1. The van der Waals surface area contributed by atoms with E-state index in [2.05, 4.69) is 21.0 Å². The van der Waals surface area contributed by atoms with Crippen molar-refractivity contribution in [2.45, 2.75) is 13.2 Å². The lowest BCUT2D eigenvalue weighted by Gasteiger charge is -2.14. The zero-order chi connectivity index (χ0) is 17.8. The molecule has 130 valence electrons. The highest BCUT2D eigenvalue weighted by molar-refractivity contribution is 6.31. The van der Waals surface area contributed by atoms with Gasteiger partial charge in [-0.3, -0.25) is 0 Å². The number of hydrogen-bond acceptors (Lipinski definition) is 6. The average molecular weight is 383 g/mol. The minimum Gasteiger partial charge on any atom is -0.488 e. The third-order valence-electron chi connectivity index (χ3n) is 3.33. The fourth-order valence-corrected chi connectivity index (χ4v) is 2.50. The zero-order valence-corrected chi connectivity index (χ0v) is 14.3. The Morgan fingerprint density at radius 3 is 2.72 bits per heavy atom. The molecule has 3 aromatic rings. The Labute approximate surface area is 152 Å². The molecule has 3 N–H and O–H groups in total. The molecule has 25 heavy (non-hydrogen) atoms. The number of halogens is 3. The Morgan fingerprint density at radius 1 is 1.16 bits per heavy atom. The number of tetrazole rings is 1. The number of ether oxygens (including phenoxy) is 1. The van der Waals surface area contributed by atoms with Crippen LogP contribution in [0, 0.1) is 5.82 Å². The second-order valence-electron chi connectivity index (χ2n) is 5.06. The van der Waals surface area contributed by atoms with Crippen LogP contribution in [0.25, 0.3) is 0 Å². The molecule has 0 fully saturated rings. The normalized spacial score (nSPS) is 10.7. The van der Waals surface area contributed by atoms with Gasteiger partial charge in [0.15, 0.2) is 0 Å². The summed E-state index contributed by atoms with van der Waals surface area (Å²) in [4.78, 5) is 1.24. The Bertz CT molecular complexity index is 888. The number of nitrogens with zero attached hydrogens (tertiary/aromatic N) is 4. The van der Waals surface area contributed by atoms with Gasteiger partial charge in [-0.15, -0.1) is 4.79 Å². The largest absolute Gasteiger partial charge is 0.488 e. The summed E-state index contributed by atoms with van der Waals surface area (Å²) in [5, 5.41) is 11.6. The highest BCUT2D eigenvalue weighted by Crippen LogP contribution is 2.25. The molecule has 0 atom stereocenters. The van der Waals surface area contributed by atoms with Crippen molar-refractivity contribution in [1.29, 1.82) is 0 Å². The highest BCUT2D eigenvalue weighted by Gasteiger charge is 2.09. The fourth-order valence-electron chi connectivity index (χ4n) is 2.09. The van der Waals surface area contributed by atoms with E-state index in [1.54, 1.807) is 24.3 Å². The summed E-state index contributed by atoms with van der Waals surface area (Å²) in [6, 6.07) is 9.34. The molecule has 0 radical (unpaired) electrons. The summed E-state index contributed by atoms with van der Waals surface area (Å²) < 4.78 is 18.9. The lowest BCUT2D eigenvalue weighted by molar-refractivity contribution is 0.303. The van der Waals surface area contributed by atoms with Gasteiger partial charge in [0.2, 0.25) is 0 Å². The molecular formula is C15H13Cl2FN6O. The fraction of sp³-hybridized carbons (Fsp3) is 0.133. The number of anilines is 1. The summed E-state index contributed by atoms with van der Waals surface area (Å²) in [7, 11) is 0. The Hall–Kier alpha value is -2.58. The van der Waals surface area contributed by atoms with Gasteiger partial charge in [0.25, 0.3) is 5.95 Å². The maximum Gasteiger partial charge on any atom is 0.260 e. The van der Waals surface area contributed by atoms with Crippen LogP contribution in [-0.4, -0.2) is 20.3 Å². The zero-order valence-electron chi connectivity index (χ0n) is 12.8. The van der Waals surface area contributed by atoms with Crippen molar-refractivity contribution in [2.75, 3.05) is 11.2 Å². The van der Waals surface area contributed by atoms with Crippen molar-refractivity contribution in [3.05, 3.63) is 63.4 Å². The summed E-state index contributed by atoms with van der Waals surface area (Å²) in [5.74, 6) is 0.315. The second-order valence-corrected chi connectivity index (χ2v) is 5.90. The molecule has 0 amide bonds. The third kappa shape index (κ3) is 4.28. The quantitative estimate of drug-likeness (QED) is 0.680. The van der Waals surface area contributed by atoms with Crippen LogP contribution in [0.5, 0.6) is 5.75 Å². The molecule has 3 rings (SSSR count). The van der Waals surface area contributed by atoms with Gasteiger partial charge in [-0.25, -0.2) is 4.39 Å². The molecule has 0 saturated heterocycles. The molecule has 7 nitrogen and oxygen atoms in total. The Kier molecular flexibility index (Phi) is 5.20. The van der Waals surface area contributed by atoms with E-state index in [0.29, 0.717) is 27.9 Å². The van der Waals surface area contributed by atoms with Crippen molar-refractivity contribution in [1.82, 2.24) is 20.3 Å². The smallest absolute Gasteiger partial charge is 0.260 e. The van der Waals surface area contributed by atoms with E-state index in [9.17, 15) is 4.39 Å². The van der Waals surface area contributed by atoms with E-state index < -0.39 is 5.82 Å². The standard InChI is InChI=1S/C15H13Cl2FN6O/c16-11-2-4-14(25-8-9-1-3-12(18)6-13(9)17)10(5-11)7-20-24-15(19)21-22-23-24/h1-6,20H,7-8H2,(H2,19,21,23).